The maximum absolute atomic E-state index is 13.1. The molecule has 0 saturated heterocycles. The Morgan fingerprint density at radius 2 is 2.00 bits per heavy atom. The molecule has 0 heterocycles. The summed E-state index contributed by atoms with van der Waals surface area (Å²) in [5.41, 5.74) is 0.849. The predicted molar refractivity (Wildman–Crippen MR) is 77.7 cm³/mol. The molecule has 0 aliphatic heterocycles. The van der Waals surface area contributed by atoms with Crippen molar-refractivity contribution >= 4 is 0 Å². The Bertz CT molecular complexity index is 390. The smallest absolute Gasteiger partial charge is 0.123 e. The van der Waals surface area contributed by atoms with Gasteiger partial charge in [-0.1, -0.05) is 40.0 Å². The molecule has 0 spiro atoms. The van der Waals surface area contributed by atoms with Gasteiger partial charge in [-0.25, -0.2) is 4.39 Å². The first-order valence-corrected chi connectivity index (χ1v) is 7.13. The van der Waals surface area contributed by atoms with E-state index in [1.54, 1.807) is 0 Å². The average Bonchev–Trinajstić information content (AvgIpc) is 2.33. The molecule has 0 aromatic heterocycles. The molecule has 3 heteroatoms. The van der Waals surface area contributed by atoms with Crippen molar-refractivity contribution in [2.45, 2.75) is 53.0 Å². The SMILES string of the molecule is CCCCCC(C)(C)CNCc1cc(F)ccc1O. The number of phenolic OH excluding ortho intramolecular Hbond substituents is 1. The van der Waals surface area contributed by atoms with Crippen molar-refractivity contribution in [3.05, 3.63) is 29.6 Å². The van der Waals surface area contributed by atoms with Crippen LogP contribution in [0.5, 0.6) is 5.75 Å². The van der Waals surface area contributed by atoms with E-state index in [4.69, 9.17) is 0 Å². The highest BCUT2D eigenvalue weighted by Gasteiger charge is 2.16. The molecular formula is C16H26FNO. The molecule has 108 valence electrons. The van der Waals surface area contributed by atoms with Crippen molar-refractivity contribution in [3.63, 3.8) is 0 Å². The summed E-state index contributed by atoms with van der Waals surface area (Å²) in [5.74, 6) is -0.158. The van der Waals surface area contributed by atoms with Gasteiger partial charge in [-0.3, -0.25) is 0 Å². The number of hydrogen-bond acceptors (Lipinski definition) is 2. The van der Waals surface area contributed by atoms with Gasteiger partial charge in [0.15, 0.2) is 0 Å². The number of aromatic hydroxyl groups is 1. The van der Waals surface area contributed by atoms with Crippen LogP contribution < -0.4 is 5.32 Å². The summed E-state index contributed by atoms with van der Waals surface area (Å²) >= 11 is 0. The third kappa shape index (κ3) is 6.06. The number of unbranched alkanes of at least 4 members (excludes halogenated alkanes) is 2. The molecule has 1 aromatic rings. The summed E-state index contributed by atoms with van der Waals surface area (Å²) in [4.78, 5) is 0. The Labute approximate surface area is 116 Å². The lowest BCUT2D eigenvalue weighted by Gasteiger charge is -2.25. The molecule has 0 amide bonds. The van der Waals surface area contributed by atoms with Crippen LogP contribution >= 0.6 is 0 Å². The minimum Gasteiger partial charge on any atom is -0.508 e. The Morgan fingerprint density at radius 1 is 1.26 bits per heavy atom. The molecule has 0 unspecified atom stereocenters. The van der Waals surface area contributed by atoms with Crippen molar-refractivity contribution in [2.75, 3.05) is 6.54 Å². The molecule has 2 N–H and O–H groups in total. The highest BCUT2D eigenvalue weighted by molar-refractivity contribution is 5.32. The van der Waals surface area contributed by atoms with Gasteiger partial charge in [0, 0.05) is 18.7 Å². The molecule has 0 bridgehead atoms. The monoisotopic (exact) mass is 267 g/mol. The van der Waals surface area contributed by atoms with E-state index in [0.29, 0.717) is 12.1 Å². The van der Waals surface area contributed by atoms with Crippen molar-refractivity contribution in [3.8, 4) is 5.75 Å². The summed E-state index contributed by atoms with van der Waals surface area (Å²) < 4.78 is 13.1. The van der Waals surface area contributed by atoms with Crippen LogP contribution in [0, 0.1) is 11.2 Å². The predicted octanol–water partition coefficient (Wildman–Crippen LogP) is 4.23. The van der Waals surface area contributed by atoms with Crippen LogP contribution in [0.4, 0.5) is 4.39 Å². The van der Waals surface area contributed by atoms with Crippen molar-refractivity contribution in [1.29, 1.82) is 0 Å². The van der Waals surface area contributed by atoms with E-state index in [1.165, 1.54) is 43.9 Å². The largest absolute Gasteiger partial charge is 0.508 e. The van der Waals surface area contributed by atoms with Gasteiger partial charge in [-0.15, -0.1) is 0 Å². The van der Waals surface area contributed by atoms with Gasteiger partial charge >= 0.3 is 0 Å². The summed E-state index contributed by atoms with van der Waals surface area (Å²) in [6, 6.07) is 4.05. The molecule has 0 aliphatic rings. The zero-order valence-electron chi connectivity index (χ0n) is 12.3. The van der Waals surface area contributed by atoms with E-state index in [0.717, 1.165) is 6.54 Å². The Hall–Kier alpha value is -1.09. The van der Waals surface area contributed by atoms with Crippen LogP contribution in [0.2, 0.25) is 0 Å². The standard InChI is InChI=1S/C16H26FNO/c1-4-5-6-9-16(2,3)12-18-11-13-10-14(17)7-8-15(13)19/h7-8,10,18-19H,4-6,9,11-12H2,1-3H3. The van der Waals surface area contributed by atoms with Crippen LogP contribution in [-0.4, -0.2) is 11.7 Å². The molecular weight excluding hydrogens is 241 g/mol. The lowest BCUT2D eigenvalue weighted by atomic mass is 9.87. The van der Waals surface area contributed by atoms with Crippen molar-refractivity contribution in [1.82, 2.24) is 5.32 Å². The summed E-state index contributed by atoms with van der Waals surface area (Å²) in [6.07, 6.45) is 4.94. The van der Waals surface area contributed by atoms with Crippen LogP contribution in [0.15, 0.2) is 18.2 Å². The minimum atomic E-state index is -0.309. The number of benzene rings is 1. The topological polar surface area (TPSA) is 32.3 Å². The molecule has 19 heavy (non-hydrogen) atoms. The van der Waals surface area contributed by atoms with Crippen LogP contribution in [0.25, 0.3) is 0 Å². The molecule has 0 aliphatic carbocycles. The van der Waals surface area contributed by atoms with Gasteiger partial charge in [0.1, 0.15) is 11.6 Å². The Morgan fingerprint density at radius 3 is 2.68 bits per heavy atom. The van der Waals surface area contributed by atoms with Crippen LogP contribution in [-0.2, 0) is 6.54 Å². The number of nitrogens with one attached hydrogen (secondary N) is 1. The van der Waals surface area contributed by atoms with E-state index in [9.17, 15) is 9.50 Å². The fourth-order valence-electron chi connectivity index (χ4n) is 2.17. The quantitative estimate of drug-likeness (QED) is 0.691. The fourth-order valence-corrected chi connectivity index (χ4v) is 2.17. The summed E-state index contributed by atoms with van der Waals surface area (Å²) in [7, 11) is 0. The molecule has 0 saturated carbocycles. The molecule has 1 aromatic carbocycles. The second-order valence-electron chi connectivity index (χ2n) is 6.00. The number of hydrogen-bond donors (Lipinski definition) is 2. The minimum absolute atomic E-state index is 0.151. The first-order chi connectivity index (χ1) is 8.94. The van der Waals surface area contributed by atoms with Gasteiger partial charge in [0.25, 0.3) is 0 Å². The zero-order valence-corrected chi connectivity index (χ0v) is 12.3. The second-order valence-corrected chi connectivity index (χ2v) is 6.00. The van der Waals surface area contributed by atoms with Gasteiger partial charge in [0.05, 0.1) is 0 Å². The Balaban J connectivity index is 2.38. The second kappa shape index (κ2) is 7.49. The van der Waals surface area contributed by atoms with E-state index in [1.807, 2.05) is 0 Å². The van der Waals surface area contributed by atoms with Crippen LogP contribution in [0.1, 0.15) is 52.0 Å². The van der Waals surface area contributed by atoms with E-state index in [2.05, 4.69) is 26.1 Å². The first-order valence-electron chi connectivity index (χ1n) is 7.13. The third-order valence-corrected chi connectivity index (χ3v) is 3.42. The van der Waals surface area contributed by atoms with Crippen molar-refractivity contribution < 1.29 is 9.50 Å². The van der Waals surface area contributed by atoms with Crippen LogP contribution in [0.3, 0.4) is 0 Å². The number of rotatable bonds is 8. The molecule has 0 radical (unpaired) electrons. The summed E-state index contributed by atoms with van der Waals surface area (Å²) in [6.45, 7) is 8.05. The maximum atomic E-state index is 13.1. The van der Waals surface area contributed by atoms with E-state index < -0.39 is 0 Å². The highest BCUT2D eigenvalue weighted by Crippen LogP contribution is 2.23. The van der Waals surface area contributed by atoms with E-state index in [-0.39, 0.29) is 17.0 Å². The third-order valence-electron chi connectivity index (χ3n) is 3.42. The van der Waals surface area contributed by atoms with Gasteiger partial charge in [-0.05, 0) is 30.0 Å². The fraction of sp³-hybridized carbons (Fsp3) is 0.625. The van der Waals surface area contributed by atoms with Crippen molar-refractivity contribution in [2.24, 2.45) is 5.41 Å². The van der Waals surface area contributed by atoms with Gasteiger partial charge in [0.2, 0.25) is 0 Å². The molecule has 0 atom stereocenters. The highest BCUT2D eigenvalue weighted by atomic mass is 19.1. The molecule has 1 rings (SSSR count). The first kappa shape index (κ1) is 16.0. The number of phenols is 1. The number of halogens is 1. The zero-order chi connectivity index (χ0) is 14.3. The summed E-state index contributed by atoms with van der Waals surface area (Å²) in [5, 5.41) is 12.9. The van der Waals surface area contributed by atoms with E-state index >= 15 is 0 Å². The van der Waals surface area contributed by atoms with Gasteiger partial charge < -0.3 is 10.4 Å². The normalized spacial score (nSPS) is 11.8. The van der Waals surface area contributed by atoms with Gasteiger partial charge in [-0.2, -0.15) is 0 Å². The molecule has 0 fully saturated rings. The maximum Gasteiger partial charge on any atom is 0.123 e. The average molecular weight is 267 g/mol. The lowest BCUT2D eigenvalue weighted by molar-refractivity contribution is 0.301. The lowest BCUT2D eigenvalue weighted by Crippen LogP contribution is -2.29. The Kier molecular flexibility index (Phi) is 6.29. The molecule has 2 nitrogen and oxygen atoms in total.